The van der Waals surface area contributed by atoms with Gasteiger partial charge < -0.3 is 9.39 Å². The second-order valence-electron chi connectivity index (χ2n) is 5.51. The quantitative estimate of drug-likeness (QED) is 0.537. The van der Waals surface area contributed by atoms with Gasteiger partial charge in [-0.05, 0) is 25.3 Å². The van der Waals surface area contributed by atoms with Gasteiger partial charge in [0.1, 0.15) is 15.4 Å². The highest BCUT2D eigenvalue weighted by atomic mass is 32.2. The number of carbonyl (C=O) groups is 3. The fraction of sp³-hybridized carbons (Fsp3) is 0.400. The number of benzene rings is 1. The van der Waals surface area contributed by atoms with Crippen LogP contribution in [0.3, 0.4) is 0 Å². The van der Waals surface area contributed by atoms with Gasteiger partial charge in [-0.2, -0.15) is 0 Å². The summed E-state index contributed by atoms with van der Waals surface area (Å²) in [6.07, 6.45) is 0.178. The molecular formula is C15H16NO7S-. The first-order chi connectivity index (χ1) is 11.2. The van der Waals surface area contributed by atoms with Crippen LogP contribution in [0.25, 0.3) is 0 Å². The first kappa shape index (κ1) is 18.1. The molecule has 0 aromatic heterocycles. The van der Waals surface area contributed by atoms with Gasteiger partial charge >= 0.3 is 5.97 Å². The Bertz CT molecular complexity index is 755. The molecule has 0 aliphatic carbocycles. The zero-order valence-electron chi connectivity index (χ0n) is 12.9. The summed E-state index contributed by atoms with van der Waals surface area (Å²) in [6, 6.07) is 7.74. The van der Waals surface area contributed by atoms with Gasteiger partial charge in [0.25, 0.3) is 11.8 Å². The predicted molar refractivity (Wildman–Crippen MR) is 80.2 cm³/mol. The third kappa shape index (κ3) is 4.39. The SMILES string of the molecule is Cc1ccc(CCCC(=O)ON2C(=O)CC(S(=O)(=O)[O-])C2=O)cc1. The zero-order valence-corrected chi connectivity index (χ0v) is 13.7. The molecule has 24 heavy (non-hydrogen) atoms. The maximum Gasteiger partial charge on any atom is 0.333 e. The molecule has 130 valence electrons. The van der Waals surface area contributed by atoms with Crippen LogP contribution in [0, 0.1) is 6.92 Å². The number of nitrogens with zero attached hydrogens (tertiary/aromatic N) is 1. The van der Waals surface area contributed by atoms with Gasteiger partial charge in [0.2, 0.25) is 0 Å². The van der Waals surface area contributed by atoms with E-state index in [1.165, 1.54) is 0 Å². The Labute approximate surface area is 139 Å². The van der Waals surface area contributed by atoms with Crippen molar-refractivity contribution in [1.29, 1.82) is 0 Å². The number of amides is 2. The van der Waals surface area contributed by atoms with E-state index in [0.29, 0.717) is 12.8 Å². The van der Waals surface area contributed by atoms with Crippen LogP contribution < -0.4 is 0 Å². The molecule has 1 aromatic carbocycles. The van der Waals surface area contributed by atoms with Crippen LogP contribution in [0.4, 0.5) is 0 Å². The van der Waals surface area contributed by atoms with Crippen molar-refractivity contribution in [2.75, 3.05) is 0 Å². The molecule has 1 atom stereocenters. The number of hydroxylamine groups is 2. The minimum absolute atomic E-state index is 0.0558. The van der Waals surface area contributed by atoms with Gasteiger partial charge in [-0.25, -0.2) is 13.2 Å². The van der Waals surface area contributed by atoms with E-state index < -0.39 is 39.6 Å². The Morgan fingerprint density at radius 2 is 1.92 bits per heavy atom. The molecule has 2 rings (SSSR count). The Morgan fingerprint density at radius 3 is 2.46 bits per heavy atom. The Hall–Kier alpha value is -2.26. The average molecular weight is 354 g/mol. The number of hydrogen-bond donors (Lipinski definition) is 0. The van der Waals surface area contributed by atoms with Crippen molar-refractivity contribution in [3.8, 4) is 0 Å². The van der Waals surface area contributed by atoms with E-state index >= 15 is 0 Å². The van der Waals surface area contributed by atoms with Crippen molar-refractivity contribution in [3.05, 3.63) is 35.4 Å². The lowest BCUT2D eigenvalue weighted by Crippen LogP contribution is -2.36. The van der Waals surface area contributed by atoms with E-state index in [-0.39, 0.29) is 11.5 Å². The van der Waals surface area contributed by atoms with Crippen LogP contribution in [0.5, 0.6) is 0 Å². The Balaban J connectivity index is 1.85. The fourth-order valence-corrected chi connectivity index (χ4v) is 2.93. The molecule has 1 unspecified atom stereocenters. The molecule has 1 aliphatic rings. The number of rotatable bonds is 6. The molecule has 1 fully saturated rings. The summed E-state index contributed by atoms with van der Waals surface area (Å²) in [7, 11) is -4.96. The summed E-state index contributed by atoms with van der Waals surface area (Å²) in [5.41, 5.74) is 2.14. The molecule has 1 aromatic rings. The van der Waals surface area contributed by atoms with E-state index in [9.17, 15) is 27.4 Å². The van der Waals surface area contributed by atoms with Crippen LogP contribution in [-0.2, 0) is 35.8 Å². The second kappa shape index (κ2) is 7.10. The Morgan fingerprint density at radius 1 is 1.29 bits per heavy atom. The van der Waals surface area contributed by atoms with Crippen molar-refractivity contribution in [3.63, 3.8) is 0 Å². The zero-order chi connectivity index (χ0) is 17.9. The molecule has 0 saturated carbocycles. The van der Waals surface area contributed by atoms with Crippen LogP contribution in [-0.4, -0.2) is 41.1 Å². The molecule has 0 spiro atoms. The fourth-order valence-electron chi connectivity index (χ4n) is 2.24. The van der Waals surface area contributed by atoms with Crippen LogP contribution in [0.2, 0.25) is 0 Å². The minimum atomic E-state index is -4.96. The van der Waals surface area contributed by atoms with Gasteiger partial charge in [0.05, 0.1) is 6.42 Å². The lowest BCUT2D eigenvalue weighted by molar-refractivity contribution is -0.197. The van der Waals surface area contributed by atoms with E-state index in [0.717, 1.165) is 11.1 Å². The summed E-state index contributed by atoms with van der Waals surface area (Å²) in [4.78, 5) is 39.5. The molecule has 0 N–H and O–H groups in total. The highest BCUT2D eigenvalue weighted by molar-refractivity contribution is 7.87. The Kier molecular flexibility index (Phi) is 5.35. The largest absolute Gasteiger partial charge is 0.747 e. The van der Waals surface area contributed by atoms with E-state index in [1.807, 2.05) is 31.2 Å². The summed E-state index contributed by atoms with van der Waals surface area (Å²) in [5.74, 6) is -3.18. The lowest BCUT2D eigenvalue weighted by Gasteiger charge is -2.15. The second-order valence-corrected chi connectivity index (χ2v) is 7.07. The van der Waals surface area contributed by atoms with Crippen molar-refractivity contribution in [2.24, 2.45) is 0 Å². The predicted octanol–water partition coefficient (Wildman–Crippen LogP) is 0.449. The lowest BCUT2D eigenvalue weighted by atomic mass is 10.1. The van der Waals surface area contributed by atoms with E-state index in [4.69, 9.17) is 0 Å². The molecular weight excluding hydrogens is 338 g/mol. The molecule has 2 amide bonds. The van der Waals surface area contributed by atoms with Crippen molar-refractivity contribution < 1.29 is 32.2 Å². The van der Waals surface area contributed by atoms with Crippen LogP contribution >= 0.6 is 0 Å². The number of imide groups is 1. The number of carbonyl (C=O) groups excluding carboxylic acids is 3. The summed E-state index contributed by atoms with van der Waals surface area (Å²) < 4.78 is 32.6. The van der Waals surface area contributed by atoms with Gasteiger partial charge in [0, 0.05) is 6.42 Å². The first-order valence-electron chi connectivity index (χ1n) is 7.26. The van der Waals surface area contributed by atoms with Gasteiger partial charge in [0.15, 0.2) is 0 Å². The molecule has 1 saturated heterocycles. The van der Waals surface area contributed by atoms with Gasteiger partial charge in [-0.1, -0.05) is 29.8 Å². The van der Waals surface area contributed by atoms with Crippen molar-refractivity contribution in [2.45, 2.75) is 37.9 Å². The average Bonchev–Trinajstić information content (AvgIpc) is 2.77. The van der Waals surface area contributed by atoms with Crippen LogP contribution in [0.15, 0.2) is 24.3 Å². The molecule has 0 bridgehead atoms. The highest BCUT2D eigenvalue weighted by Gasteiger charge is 2.45. The summed E-state index contributed by atoms with van der Waals surface area (Å²) in [6.45, 7) is 1.96. The normalized spacial score (nSPS) is 18.1. The molecule has 1 heterocycles. The molecule has 1 aliphatic heterocycles. The molecule has 0 radical (unpaired) electrons. The van der Waals surface area contributed by atoms with E-state index in [2.05, 4.69) is 4.84 Å². The third-order valence-electron chi connectivity index (χ3n) is 3.57. The smallest absolute Gasteiger partial charge is 0.333 e. The van der Waals surface area contributed by atoms with Gasteiger partial charge in [-0.3, -0.25) is 9.59 Å². The van der Waals surface area contributed by atoms with Crippen LogP contribution in [0.1, 0.15) is 30.4 Å². The minimum Gasteiger partial charge on any atom is -0.747 e. The standard InChI is InChI=1S/C15H17NO7S/c1-10-5-7-11(8-6-10)3-2-4-14(18)23-16-13(17)9-12(15(16)19)24(20,21)22/h5-8,12H,2-4,9H2,1H3,(H,20,21,22)/p-1. The number of hydrogen-bond acceptors (Lipinski definition) is 7. The van der Waals surface area contributed by atoms with Gasteiger partial charge in [-0.15, -0.1) is 5.06 Å². The molecule has 8 nitrogen and oxygen atoms in total. The highest BCUT2D eigenvalue weighted by Crippen LogP contribution is 2.20. The number of aryl methyl sites for hydroxylation is 2. The molecule has 9 heteroatoms. The van der Waals surface area contributed by atoms with Crippen molar-refractivity contribution in [1.82, 2.24) is 5.06 Å². The maximum atomic E-state index is 11.7. The van der Waals surface area contributed by atoms with E-state index in [1.54, 1.807) is 0 Å². The summed E-state index contributed by atoms with van der Waals surface area (Å²) in [5, 5.41) is -1.95. The monoisotopic (exact) mass is 354 g/mol. The third-order valence-corrected chi connectivity index (χ3v) is 4.64. The topological polar surface area (TPSA) is 121 Å². The maximum absolute atomic E-state index is 11.7. The summed E-state index contributed by atoms with van der Waals surface area (Å²) >= 11 is 0. The van der Waals surface area contributed by atoms with Crippen molar-refractivity contribution >= 4 is 27.9 Å². The first-order valence-corrected chi connectivity index (χ1v) is 8.73.